The van der Waals surface area contributed by atoms with E-state index in [1.807, 2.05) is 45.0 Å². The van der Waals surface area contributed by atoms with Gasteiger partial charge in [0.25, 0.3) is 0 Å². The highest BCUT2D eigenvalue weighted by Crippen LogP contribution is 2.21. The Morgan fingerprint density at radius 3 is 2.42 bits per heavy atom. The maximum Gasteiger partial charge on any atom is 0.307 e. The van der Waals surface area contributed by atoms with Gasteiger partial charge in [-0.3, -0.25) is 14.8 Å². The number of aromatic amines is 1. The van der Waals surface area contributed by atoms with Crippen LogP contribution < -0.4 is 11.5 Å². The van der Waals surface area contributed by atoms with Crippen molar-refractivity contribution >= 4 is 28.5 Å². The standard InChI is InChI=1S/C17H25N3O3.C8H8N4O/c1-17(2,3)23-15(21)7-9-20-8-6-12-4-5-13(16(18)19-22)10-14(12)11-20;9-8(12-13)5-1-2-7-6(3-5)4-10-11-7/h4-5,10,22H,6-9,11H2,1-3H3,(H2,18,19);1-4,13H,(H2,9,12)(H,10,11). The van der Waals surface area contributed by atoms with Crippen LogP contribution in [0.2, 0.25) is 0 Å². The molecule has 2 aromatic carbocycles. The molecule has 36 heavy (non-hydrogen) atoms. The lowest BCUT2D eigenvalue weighted by Crippen LogP contribution is -2.34. The number of amidine groups is 2. The van der Waals surface area contributed by atoms with E-state index in [9.17, 15) is 4.79 Å². The van der Waals surface area contributed by atoms with E-state index in [-0.39, 0.29) is 17.6 Å². The number of hydrogen-bond donors (Lipinski definition) is 5. The summed E-state index contributed by atoms with van der Waals surface area (Å²) in [4.78, 5) is 14.0. The van der Waals surface area contributed by atoms with Crippen LogP contribution in [0.15, 0.2) is 52.9 Å². The number of esters is 1. The molecule has 11 heteroatoms. The highest BCUT2D eigenvalue weighted by molar-refractivity contribution is 6.00. The third-order valence-corrected chi connectivity index (χ3v) is 5.60. The van der Waals surface area contributed by atoms with Crippen LogP contribution in [0.3, 0.4) is 0 Å². The Hall–Kier alpha value is -4.12. The molecule has 2 heterocycles. The quantitative estimate of drug-likeness (QED) is 0.118. The van der Waals surface area contributed by atoms with Gasteiger partial charge in [0.15, 0.2) is 11.7 Å². The molecule has 7 N–H and O–H groups in total. The van der Waals surface area contributed by atoms with Crippen LogP contribution >= 0.6 is 0 Å². The first-order valence-electron chi connectivity index (χ1n) is 11.5. The number of rotatable bonds is 5. The average molecular weight is 496 g/mol. The molecular formula is C25H33N7O4. The molecule has 0 bridgehead atoms. The molecule has 3 aromatic rings. The fraction of sp³-hybridized carbons (Fsp3) is 0.360. The second-order valence-corrected chi connectivity index (χ2v) is 9.49. The zero-order chi connectivity index (χ0) is 26.3. The van der Waals surface area contributed by atoms with Crippen LogP contribution in [0.25, 0.3) is 10.9 Å². The van der Waals surface area contributed by atoms with E-state index in [1.54, 1.807) is 18.3 Å². The van der Waals surface area contributed by atoms with Crippen LogP contribution in [-0.4, -0.2) is 61.8 Å². The number of fused-ring (bicyclic) bond motifs is 2. The lowest BCUT2D eigenvalue weighted by Gasteiger charge is -2.29. The number of carbonyl (C=O) groups excluding carboxylic acids is 1. The molecule has 0 saturated heterocycles. The fourth-order valence-corrected chi connectivity index (χ4v) is 3.83. The molecule has 0 radical (unpaired) electrons. The Bertz CT molecular complexity index is 1260. The van der Waals surface area contributed by atoms with Gasteiger partial charge in [-0.15, -0.1) is 0 Å². The normalized spacial score (nSPS) is 14.6. The Balaban J connectivity index is 0.000000233. The summed E-state index contributed by atoms with van der Waals surface area (Å²) in [5, 5.41) is 30.8. The van der Waals surface area contributed by atoms with Gasteiger partial charge in [0.2, 0.25) is 0 Å². The molecule has 0 atom stereocenters. The maximum absolute atomic E-state index is 11.8. The van der Waals surface area contributed by atoms with Gasteiger partial charge in [-0.2, -0.15) is 5.10 Å². The highest BCUT2D eigenvalue weighted by Gasteiger charge is 2.20. The van der Waals surface area contributed by atoms with Crippen molar-refractivity contribution in [3.63, 3.8) is 0 Å². The van der Waals surface area contributed by atoms with E-state index in [0.29, 0.717) is 24.1 Å². The molecule has 0 aliphatic carbocycles. The van der Waals surface area contributed by atoms with Crippen molar-refractivity contribution in [2.24, 2.45) is 21.8 Å². The molecule has 11 nitrogen and oxygen atoms in total. The highest BCUT2D eigenvalue weighted by atomic mass is 16.6. The van der Waals surface area contributed by atoms with E-state index in [2.05, 4.69) is 25.4 Å². The summed E-state index contributed by atoms with van der Waals surface area (Å²) in [6, 6.07) is 11.2. The van der Waals surface area contributed by atoms with Crippen molar-refractivity contribution in [1.29, 1.82) is 0 Å². The number of nitrogens with one attached hydrogen (secondary N) is 1. The molecule has 192 valence electrons. The molecule has 0 amide bonds. The Morgan fingerprint density at radius 2 is 1.75 bits per heavy atom. The van der Waals surface area contributed by atoms with E-state index < -0.39 is 5.60 Å². The predicted molar refractivity (Wildman–Crippen MR) is 137 cm³/mol. The van der Waals surface area contributed by atoms with Crippen molar-refractivity contribution in [2.45, 2.75) is 45.8 Å². The van der Waals surface area contributed by atoms with Crippen molar-refractivity contribution in [3.8, 4) is 0 Å². The van der Waals surface area contributed by atoms with Crippen LogP contribution in [0, 0.1) is 0 Å². The molecule has 1 aliphatic rings. The predicted octanol–water partition coefficient (Wildman–Crippen LogP) is 2.53. The summed E-state index contributed by atoms with van der Waals surface area (Å²) in [7, 11) is 0. The summed E-state index contributed by atoms with van der Waals surface area (Å²) in [5.41, 5.74) is 15.4. The molecule has 0 saturated carbocycles. The van der Waals surface area contributed by atoms with Gasteiger partial charge >= 0.3 is 5.97 Å². The van der Waals surface area contributed by atoms with E-state index in [4.69, 9.17) is 26.6 Å². The largest absolute Gasteiger partial charge is 0.460 e. The van der Waals surface area contributed by atoms with E-state index >= 15 is 0 Å². The molecular weight excluding hydrogens is 462 g/mol. The number of hydrogen-bond acceptors (Lipinski definition) is 8. The lowest BCUT2D eigenvalue weighted by atomic mass is 9.97. The van der Waals surface area contributed by atoms with Crippen molar-refractivity contribution in [3.05, 3.63) is 64.8 Å². The number of H-pyrrole nitrogens is 1. The number of ether oxygens (including phenoxy) is 1. The average Bonchev–Trinajstić information content (AvgIpc) is 3.33. The number of nitrogens with two attached hydrogens (primary N) is 2. The van der Waals surface area contributed by atoms with Crippen LogP contribution in [-0.2, 0) is 22.5 Å². The minimum absolute atomic E-state index is 0.100. The van der Waals surface area contributed by atoms with Crippen molar-refractivity contribution < 1.29 is 19.9 Å². The second-order valence-electron chi connectivity index (χ2n) is 9.49. The topological polar surface area (TPSA) is 175 Å². The number of benzene rings is 2. The minimum Gasteiger partial charge on any atom is -0.460 e. The van der Waals surface area contributed by atoms with Crippen LogP contribution in [0.1, 0.15) is 49.4 Å². The zero-order valence-corrected chi connectivity index (χ0v) is 20.7. The van der Waals surface area contributed by atoms with Crippen molar-refractivity contribution in [2.75, 3.05) is 13.1 Å². The number of carbonyl (C=O) groups is 1. The summed E-state index contributed by atoms with van der Waals surface area (Å²) in [6.07, 6.45) is 3.00. The molecule has 4 rings (SSSR count). The number of aromatic nitrogens is 2. The molecule has 1 aromatic heterocycles. The van der Waals surface area contributed by atoms with Crippen LogP contribution in [0.4, 0.5) is 0 Å². The molecule has 0 unspecified atom stereocenters. The fourth-order valence-electron chi connectivity index (χ4n) is 3.83. The van der Waals surface area contributed by atoms with Gasteiger partial charge < -0.3 is 26.6 Å². The first-order chi connectivity index (χ1) is 17.1. The second kappa shape index (κ2) is 11.5. The monoisotopic (exact) mass is 495 g/mol. The third kappa shape index (κ3) is 7.19. The lowest BCUT2D eigenvalue weighted by molar-refractivity contribution is -0.155. The Morgan fingerprint density at radius 1 is 1.08 bits per heavy atom. The molecule has 0 fully saturated rings. The molecule has 1 aliphatic heterocycles. The number of oxime groups is 2. The van der Waals surface area contributed by atoms with Gasteiger partial charge in [0.05, 0.1) is 18.1 Å². The van der Waals surface area contributed by atoms with E-state index in [0.717, 1.165) is 36.0 Å². The summed E-state index contributed by atoms with van der Waals surface area (Å²) in [6.45, 7) is 7.95. The van der Waals surface area contributed by atoms with Gasteiger partial charge in [0.1, 0.15) is 5.60 Å². The SMILES string of the molecule is CC(C)(C)OC(=O)CCN1CCc2ccc(C(N)=NO)cc2C1.NC(=NO)c1ccc2[nH]ncc2c1. The van der Waals surface area contributed by atoms with Gasteiger partial charge in [0, 0.05) is 36.1 Å². The van der Waals surface area contributed by atoms with Crippen molar-refractivity contribution in [1.82, 2.24) is 15.1 Å². The Kier molecular flexibility index (Phi) is 8.49. The molecule has 0 spiro atoms. The van der Waals surface area contributed by atoms with Gasteiger partial charge in [-0.1, -0.05) is 22.4 Å². The van der Waals surface area contributed by atoms with Crippen LogP contribution in [0.5, 0.6) is 0 Å². The Labute approximate surface area is 209 Å². The first kappa shape index (κ1) is 26.5. The van der Waals surface area contributed by atoms with Gasteiger partial charge in [-0.05, 0) is 62.6 Å². The zero-order valence-electron chi connectivity index (χ0n) is 20.7. The summed E-state index contributed by atoms with van der Waals surface area (Å²) >= 11 is 0. The van der Waals surface area contributed by atoms with Gasteiger partial charge in [-0.25, -0.2) is 0 Å². The minimum atomic E-state index is -0.443. The third-order valence-electron chi connectivity index (χ3n) is 5.60. The summed E-state index contributed by atoms with van der Waals surface area (Å²) in [5.74, 6) is 0.0375. The maximum atomic E-state index is 11.8. The first-order valence-corrected chi connectivity index (χ1v) is 11.5. The summed E-state index contributed by atoms with van der Waals surface area (Å²) < 4.78 is 5.34. The number of nitrogens with zero attached hydrogens (tertiary/aromatic N) is 4. The van der Waals surface area contributed by atoms with E-state index in [1.165, 1.54) is 5.56 Å². The smallest absolute Gasteiger partial charge is 0.307 e.